The van der Waals surface area contributed by atoms with Crippen LogP contribution in [0.15, 0.2) is 65.9 Å². The van der Waals surface area contributed by atoms with E-state index in [2.05, 4.69) is 67.0 Å². The van der Waals surface area contributed by atoms with E-state index in [4.69, 9.17) is 4.98 Å². The number of amides is 3. The lowest BCUT2D eigenvalue weighted by molar-refractivity contribution is -0.136. The second-order valence-electron chi connectivity index (χ2n) is 15.1. The number of carbonyl (C=O) groups excluding carboxylic acids is 2. The van der Waals surface area contributed by atoms with E-state index in [1.54, 1.807) is 25.2 Å². The highest BCUT2D eigenvalue weighted by molar-refractivity contribution is 5.90. The Morgan fingerprint density at radius 1 is 0.786 bits per heavy atom. The van der Waals surface area contributed by atoms with Crippen molar-refractivity contribution in [2.24, 2.45) is 16.8 Å². The van der Waals surface area contributed by atoms with Crippen molar-refractivity contribution in [1.82, 2.24) is 45.3 Å². The normalized spacial score (nSPS) is 18.2. The summed E-state index contributed by atoms with van der Waals surface area (Å²) < 4.78 is 0. The molecule has 4 atom stereocenters. The number of carbonyl (C=O) groups is 3. The highest BCUT2D eigenvalue weighted by atomic mass is 16.4. The van der Waals surface area contributed by atoms with Crippen molar-refractivity contribution in [3.63, 3.8) is 0 Å². The third kappa shape index (κ3) is 8.39. The minimum Gasteiger partial charge on any atom is -0.465 e. The van der Waals surface area contributed by atoms with Crippen LogP contribution in [0.1, 0.15) is 77.1 Å². The number of nitrogens with zero attached hydrogens (tertiary/aromatic N) is 7. The number of nitriles is 1. The minimum absolute atomic E-state index is 0.0331. The van der Waals surface area contributed by atoms with E-state index in [0.29, 0.717) is 24.9 Å². The molecule has 3 amide bonds. The summed E-state index contributed by atoms with van der Waals surface area (Å²) in [4.78, 5) is 63.9. The highest BCUT2D eigenvalue weighted by Crippen LogP contribution is 2.35. The van der Waals surface area contributed by atoms with Gasteiger partial charge in [0, 0.05) is 27.2 Å². The Hall–Kier alpha value is -6.17. The molecule has 6 rings (SSSR count). The average Bonchev–Trinajstić information content (AvgIpc) is 4.03. The number of guanidine groups is 1. The number of hydrogen-bond acceptors (Lipinski definition) is 7. The molecule has 0 spiro atoms. The van der Waals surface area contributed by atoms with Gasteiger partial charge >= 0.3 is 6.09 Å². The first-order valence-electron chi connectivity index (χ1n) is 19.2. The van der Waals surface area contributed by atoms with Gasteiger partial charge in [0.1, 0.15) is 23.7 Å². The van der Waals surface area contributed by atoms with Crippen molar-refractivity contribution in [2.75, 3.05) is 27.2 Å². The third-order valence-corrected chi connectivity index (χ3v) is 10.7. The van der Waals surface area contributed by atoms with Crippen molar-refractivity contribution in [3.05, 3.63) is 72.6 Å². The van der Waals surface area contributed by atoms with E-state index >= 15 is 0 Å². The molecule has 0 unspecified atom stereocenters. The molecule has 294 valence electrons. The fourth-order valence-corrected chi connectivity index (χ4v) is 7.63. The summed E-state index contributed by atoms with van der Waals surface area (Å²) in [6, 6.07) is 14.7. The highest BCUT2D eigenvalue weighted by Gasteiger charge is 2.39. The van der Waals surface area contributed by atoms with Gasteiger partial charge in [0.2, 0.25) is 17.8 Å². The van der Waals surface area contributed by atoms with Crippen LogP contribution in [-0.2, 0) is 9.59 Å². The molecule has 4 aromatic rings. The Morgan fingerprint density at radius 3 is 1.57 bits per heavy atom. The number of rotatable bonds is 11. The van der Waals surface area contributed by atoms with Crippen LogP contribution in [0.3, 0.4) is 0 Å². The van der Waals surface area contributed by atoms with Gasteiger partial charge < -0.3 is 35.5 Å². The Balaban J connectivity index is 1.11. The first-order valence-corrected chi connectivity index (χ1v) is 19.2. The van der Waals surface area contributed by atoms with Crippen molar-refractivity contribution in [1.29, 1.82) is 5.26 Å². The van der Waals surface area contributed by atoms with Crippen molar-refractivity contribution in [2.45, 2.75) is 77.5 Å². The van der Waals surface area contributed by atoms with Crippen molar-refractivity contribution in [3.8, 4) is 39.8 Å². The molecule has 2 aliphatic rings. The monoisotopic (exact) mass is 761 g/mol. The Kier molecular flexibility index (Phi) is 12.1. The Bertz CT molecular complexity index is 2080. The maximum absolute atomic E-state index is 13.9. The Morgan fingerprint density at radius 2 is 1.20 bits per heavy atom. The van der Waals surface area contributed by atoms with Crippen LogP contribution in [0.2, 0.25) is 0 Å². The molecule has 2 saturated heterocycles. The molecule has 0 bridgehead atoms. The van der Waals surface area contributed by atoms with E-state index in [9.17, 15) is 24.8 Å². The molecule has 15 nitrogen and oxygen atoms in total. The molecule has 2 aliphatic heterocycles. The first-order chi connectivity index (χ1) is 26.9. The lowest BCUT2D eigenvalue weighted by Crippen LogP contribution is -2.53. The second-order valence-corrected chi connectivity index (χ2v) is 15.1. The van der Waals surface area contributed by atoms with E-state index < -0.39 is 18.2 Å². The zero-order valence-corrected chi connectivity index (χ0v) is 32.8. The average molecular weight is 762 g/mol. The number of likely N-dealkylation sites (tertiary alicyclic amines) is 2. The molecule has 5 N–H and O–H groups in total. The lowest BCUT2D eigenvalue weighted by Gasteiger charge is -2.31. The summed E-state index contributed by atoms with van der Waals surface area (Å²) in [6.45, 7) is 8.79. The van der Waals surface area contributed by atoms with E-state index in [1.807, 2.05) is 57.1 Å². The smallest absolute Gasteiger partial charge is 0.405 e. The number of aliphatic imine (C=N–C) groups is 1. The number of nitrogens with one attached hydrogen (secondary N) is 4. The summed E-state index contributed by atoms with van der Waals surface area (Å²) >= 11 is 0. The van der Waals surface area contributed by atoms with Gasteiger partial charge in [-0.15, -0.1) is 0 Å². The summed E-state index contributed by atoms with van der Waals surface area (Å²) in [5.74, 6) is 1.29. The fraction of sp³-hybridized carbons (Fsp3) is 0.439. The predicted octanol–water partition coefficient (Wildman–Crippen LogP) is 5.77. The van der Waals surface area contributed by atoms with Crippen LogP contribution in [-0.4, -0.2) is 103 Å². The summed E-state index contributed by atoms with van der Waals surface area (Å²) in [5.41, 5.74) is 5.75. The van der Waals surface area contributed by atoms with Crippen LogP contribution in [0.5, 0.6) is 0 Å². The minimum atomic E-state index is -1.21. The predicted molar refractivity (Wildman–Crippen MR) is 213 cm³/mol. The number of aromatic nitrogens is 4. The number of aromatic amines is 2. The van der Waals surface area contributed by atoms with Crippen LogP contribution >= 0.6 is 0 Å². The van der Waals surface area contributed by atoms with Gasteiger partial charge in [-0.3, -0.25) is 19.5 Å². The van der Waals surface area contributed by atoms with E-state index in [-0.39, 0.29) is 35.7 Å². The van der Waals surface area contributed by atoms with E-state index in [1.165, 1.54) is 4.90 Å². The zero-order chi connectivity index (χ0) is 40.1. The molecule has 2 fully saturated rings. The van der Waals surface area contributed by atoms with Gasteiger partial charge in [-0.05, 0) is 59.8 Å². The standard InChI is InChI=1S/C41H51N11O4/c1-24(2)34(48-40(43-5)50(6)23-42)38(53)51-19-7-9-32(51)36-44-21-30(46-36)28-15-11-26(12-16-28)27-13-17-29(18-14-27)31-22-45-37(47-31)33-10-8-20-52(33)39(54)35(25(3)4)49-41(55)56/h11-18,21-22,24-25,32-35,49H,7-10,19-20H2,1-6H3,(H,43,48)(H,44,46)(H,45,47)(H,55,56)/t32-,33-,34-,35-/m0/s1. The molecule has 2 aromatic heterocycles. The summed E-state index contributed by atoms with van der Waals surface area (Å²) in [5, 5.41) is 24.2. The maximum atomic E-state index is 13.9. The van der Waals surface area contributed by atoms with Crippen LogP contribution in [0.25, 0.3) is 33.6 Å². The van der Waals surface area contributed by atoms with E-state index in [0.717, 1.165) is 65.1 Å². The van der Waals surface area contributed by atoms with Gasteiger partial charge in [-0.1, -0.05) is 76.2 Å². The fourth-order valence-electron chi connectivity index (χ4n) is 7.63. The van der Waals surface area contributed by atoms with Gasteiger partial charge in [-0.2, -0.15) is 5.26 Å². The van der Waals surface area contributed by atoms with Gasteiger partial charge in [0.15, 0.2) is 6.19 Å². The van der Waals surface area contributed by atoms with Gasteiger partial charge in [-0.25, -0.2) is 14.8 Å². The SMILES string of the molecule is C/N=C(\N[C@H](C(=O)N1CCC[C@H]1c1ncc(-c2ccc(-c3ccc(-c4cnc([C@@H]5CCCN5C(=O)[C@@H](NC(=O)O)C(C)C)[nH]4)cc3)cc2)[nH]1)C(C)C)N(C)C#N. The van der Waals surface area contributed by atoms with Crippen LogP contribution in [0, 0.1) is 23.3 Å². The maximum Gasteiger partial charge on any atom is 0.405 e. The largest absolute Gasteiger partial charge is 0.465 e. The van der Waals surface area contributed by atoms with Gasteiger partial charge in [0.05, 0.1) is 35.9 Å². The van der Waals surface area contributed by atoms with Crippen LogP contribution in [0.4, 0.5) is 4.79 Å². The first kappa shape index (κ1) is 39.5. The van der Waals surface area contributed by atoms with Crippen molar-refractivity contribution < 1.29 is 19.5 Å². The molecule has 4 heterocycles. The lowest BCUT2D eigenvalue weighted by atomic mass is 10.0. The number of hydrogen-bond donors (Lipinski definition) is 5. The molecule has 0 radical (unpaired) electrons. The number of H-pyrrole nitrogens is 2. The summed E-state index contributed by atoms with van der Waals surface area (Å²) in [6.07, 6.45) is 7.65. The molecule has 0 saturated carbocycles. The van der Waals surface area contributed by atoms with Gasteiger partial charge in [0.25, 0.3) is 0 Å². The molecule has 15 heteroatoms. The number of benzene rings is 2. The number of imidazole rings is 2. The zero-order valence-electron chi connectivity index (χ0n) is 32.8. The number of carboxylic acid groups (broad SMARTS) is 1. The van der Waals surface area contributed by atoms with Crippen LogP contribution < -0.4 is 10.6 Å². The molecular weight excluding hydrogens is 711 g/mol. The third-order valence-electron chi connectivity index (χ3n) is 10.7. The molecule has 0 aliphatic carbocycles. The second kappa shape index (κ2) is 17.1. The molecular formula is C41H51N11O4. The topological polar surface area (TPSA) is 199 Å². The Labute approximate surface area is 327 Å². The molecule has 2 aromatic carbocycles. The van der Waals surface area contributed by atoms with Crippen molar-refractivity contribution >= 4 is 23.9 Å². The summed E-state index contributed by atoms with van der Waals surface area (Å²) in [7, 11) is 3.20. The molecule has 56 heavy (non-hydrogen) atoms. The quantitative estimate of drug-likeness (QED) is 0.0545.